The van der Waals surface area contributed by atoms with Gasteiger partial charge in [-0.1, -0.05) is 23.7 Å². The van der Waals surface area contributed by atoms with E-state index >= 15 is 0 Å². The molecule has 0 fully saturated rings. The van der Waals surface area contributed by atoms with Crippen molar-refractivity contribution in [2.75, 3.05) is 24.6 Å². The van der Waals surface area contributed by atoms with Gasteiger partial charge in [-0.15, -0.1) is 0 Å². The number of halogens is 1. The van der Waals surface area contributed by atoms with E-state index in [0.717, 1.165) is 5.69 Å². The number of benzene rings is 2. The van der Waals surface area contributed by atoms with E-state index in [0.29, 0.717) is 47.7 Å². The third kappa shape index (κ3) is 2.62. The van der Waals surface area contributed by atoms with Crippen molar-refractivity contribution in [1.82, 2.24) is 9.13 Å². The van der Waals surface area contributed by atoms with E-state index in [9.17, 15) is 9.59 Å². The number of para-hydroxylation sites is 1. The third-order valence-electron chi connectivity index (χ3n) is 4.73. The highest BCUT2D eigenvalue weighted by Gasteiger charge is 2.23. The standard InChI is InChI=1S/C19H18ClN3O3/c20-13-4-1-5-14(12-13)23-18(25)15-6-2-7-16-17(15)22(19(23)26)10-9-21(16)8-3-11-24/h1-2,4-7,12,24H,3,8-11H2. The van der Waals surface area contributed by atoms with Crippen molar-refractivity contribution in [3.05, 3.63) is 68.3 Å². The lowest BCUT2D eigenvalue weighted by Crippen LogP contribution is -2.44. The van der Waals surface area contributed by atoms with Gasteiger partial charge in [0.15, 0.2) is 0 Å². The number of hydrogen-bond donors (Lipinski definition) is 1. The molecule has 0 saturated carbocycles. The summed E-state index contributed by atoms with van der Waals surface area (Å²) in [6.45, 7) is 1.93. The monoisotopic (exact) mass is 371 g/mol. The first kappa shape index (κ1) is 16.9. The largest absolute Gasteiger partial charge is 0.396 e. The number of rotatable bonds is 4. The van der Waals surface area contributed by atoms with Gasteiger partial charge in [0, 0.05) is 31.3 Å². The summed E-state index contributed by atoms with van der Waals surface area (Å²) in [6.07, 6.45) is 0.639. The molecule has 6 nitrogen and oxygen atoms in total. The highest BCUT2D eigenvalue weighted by Crippen LogP contribution is 2.28. The predicted molar refractivity (Wildman–Crippen MR) is 103 cm³/mol. The van der Waals surface area contributed by atoms with Crippen molar-refractivity contribution in [3.8, 4) is 5.69 Å². The number of aliphatic hydroxyl groups excluding tert-OH is 1. The molecule has 0 spiro atoms. The minimum atomic E-state index is -0.362. The van der Waals surface area contributed by atoms with E-state index in [2.05, 4.69) is 4.90 Å². The summed E-state index contributed by atoms with van der Waals surface area (Å²) in [7, 11) is 0. The molecule has 26 heavy (non-hydrogen) atoms. The Hall–Kier alpha value is -2.57. The van der Waals surface area contributed by atoms with E-state index in [4.69, 9.17) is 16.7 Å². The van der Waals surface area contributed by atoms with Gasteiger partial charge in [-0.3, -0.25) is 9.36 Å². The maximum Gasteiger partial charge on any atom is 0.336 e. The Kier molecular flexibility index (Phi) is 4.30. The second kappa shape index (κ2) is 6.63. The van der Waals surface area contributed by atoms with Crippen LogP contribution in [0.15, 0.2) is 52.1 Å². The summed E-state index contributed by atoms with van der Waals surface area (Å²) in [5, 5.41) is 10.1. The Morgan fingerprint density at radius 2 is 1.88 bits per heavy atom. The molecule has 7 heteroatoms. The van der Waals surface area contributed by atoms with Crippen molar-refractivity contribution in [2.24, 2.45) is 0 Å². The molecule has 1 aromatic heterocycles. The molecule has 0 atom stereocenters. The molecule has 134 valence electrons. The van der Waals surface area contributed by atoms with Gasteiger partial charge >= 0.3 is 5.69 Å². The van der Waals surface area contributed by atoms with Gasteiger partial charge in [0.1, 0.15) is 0 Å². The van der Waals surface area contributed by atoms with Crippen molar-refractivity contribution < 1.29 is 5.11 Å². The van der Waals surface area contributed by atoms with Gasteiger partial charge in [-0.05, 0) is 36.8 Å². The lowest BCUT2D eigenvalue weighted by atomic mass is 10.1. The molecule has 0 bridgehead atoms. The summed E-state index contributed by atoms with van der Waals surface area (Å²) in [4.78, 5) is 28.3. The normalized spacial score (nSPS) is 13.4. The van der Waals surface area contributed by atoms with Gasteiger partial charge in [0.25, 0.3) is 5.56 Å². The summed E-state index contributed by atoms with van der Waals surface area (Å²) in [6, 6.07) is 12.2. The number of aliphatic hydroxyl groups is 1. The maximum absolute atomic E-state index is 13.1. The van der Waals surface area contributed by atoms with Gasteiger partial charge in [0.05, 0.1) is 22.3 Å². The quantitative estimate of drug-likeness (QED) is 0.761. The average Bonchev–Trinajstić information content (AvgIpc) is 2.65. The van der Waals surface area contributed by atoms with Crippen LogP contribution in [0, 0.1) is 0 Å². The topological polar surface area (TPSA) is 67.5 Å². The molecule has 0 aliphatic carbocycles. The zero-order valence-corrected chi connectivity index (χ0v) is 14.8. The molecule has 4 rings (SSSR count). The fraction of sp³-hybridized carbons (Fsp3) is 0.263. The zero-order chi connectivity index (χ0) is 18.3. The van der Waals surface area contributed by atoms with Crippen molar-refractivity contribution in [2.45, 2.75) is 13.0 Å². The van der Waals surface area contributed by atoms with Crippen LogP contribution < -0.4 is 16.1 Å². The number of anilines is 1. The first-order chi connectivity index (χ1) is 12.6. The Labute approximate surface area is 154 Å². The van der Waals surface area contributed by atoms with Crippen LogP contribution in [0.2, 0.25) is 5.02 Å². The Morgan fingerprint density at radius 1 is 1.08 bits per heavy atom. The SMILES string of the molecule is O=c1c2cccc3c2n(c(=O)n1-c1cccc(Cl)c1)CCN3CCCO. The molecule has 0 radical (unpaired) electrons. The second-order valence-electron chi connectivity index (χ2n) is 6.29. The molecular weight excluding hydrogens is 354 g/mol. The number of aromatic nitrogens is 2. The lowest BCUT2D eigenvalue weighted by Gasteiger charge is -2.32. The predicted octanol–water partition coefficient (Wildman–Crippen LogP) is 2.01. The van der Waals surface area contributed by atoms with E-state index < -0.39 is 0 Å². The van der Waals surface area contributed by atoms with Crippen LogP contribution in [0.5, 0.6) is 0 Å². The summed E-state index contributed by atoms with van der Waals surface area (Å²) in [5.74, 6) is 0. The first-order valence-electron chi connectivity index (χ1n) is 8.52. The molecule has 0 amide bonds. The van der Waals surface area contributed by atoms with Crippen LogP contribution in [0.3, 0.4) is 0 Å². The molecule has 0 unspecified atom stereocenters. The Morgan fingerprint density at radius 3 is 2.65 bits per heavy atom. The summed E-state index contributed by atoms with van der Waals surface area (Å²) in [5.41, 5.74) is 1.26. The molecular formula is C19H18ClN3O3. The smallest absolute Gasteiger partial charge is 0.336 e. The zero-order valence-electron chi connectivity index (χ0n) is 14.1. The van der Waals surface area contributed by atoms with Crippen LogP contribution >= 0.6 is 11.6 Å². The van der Waals surface area contributed by atoms with Crippen molar-refractivity contribution in [3.63, 3.8) is 0 Å². The fourth-order valence-corrected chi connectivity index (χ4v) is 3.74. The first-order valence-corrected chi connectivity index (χ1v) is 8.90. The lowest BCUT2D eigenvalue weighted by molar-refractivity contribution is 0.289. The highest BCUT2D eigenvalue weighted by molar-refractivity contribution is 6.30. The molecule has 0 saturated heterocycles. The molecule has 2 heterocycles. The van der Waals surface area contributed by atoms with E-state index in [-0.39, 0.29) is 17.9 Å². The maximum atomic E-state index is 13.1. The van der Waals surface area contributed by atoms with Crippen LogP contribution in [0.1, 0.15) is 6.42 Å². The Bertz CT molecular complexity index is 1100. The summed E-state index contributed by atoms with van der Waals surface area (Å²) >= 11 is 6.04. The minimum Gasteiger partial charge on any atom is -0.396 e. The van der Waals surface area contributed by atoms with Crippen molar-refractivity contribution >= 4 is 28.2 Å². The Balaban J connectivity index is 2.01. The molecule has 1 aliphatic heterocycles. The molecule has 2 aromatic carbocycles. The van der Waals surface area contributed by atoms with Crippen molar-refractivity contribution in [1.29, 1.82) is 0 Å². The van der Waals surface area contributed by atoms with Crippen LogP contribution in [0.4, 0.5) is 5.69 Å². The average molecular weight is 372 g/mol. The molecule has 1 N–H and O–H groups in total. The minimum absolute atomic E-state index is 0.107. The van der Waals surface area contributed by atoms with Gasteiger partial charge in [-0.25, -0.2) is 9.36 Å². The second-order valence-corrected chi connectivity index (χ2v) is 6.73. The molecule has 3 aromatic rings. The van der Waals surface area contributed by atoms with E-state index in [1.165, 1.54) is 4.57 Å². The van der Waals surface area contributed by atoms with Crippen LogP contribution in [0.25, 0.3) is 16.6 Å². The highest BCUT2D eigenvalue weighted by atomic mass is 35.5. The van der Waals surface area contributed by atoms with Crippen LogP contribution in [-0.2, 0) is 6.54 Å². The van der Waals surface area contributed by atoms with Gasteiger partial charge in [-0.2, -0.15) is 0 Å². The summed E-state index contributed by atoms with van der Waals surface area (Å²) < 4.78 is 2.84. The van der Waals surface area contributed by atoms with Gasteiger partial charge < -0.3 is 10.0 Å². The molecule has 1 aliphatic rings. The number of hydrogen-bond acceptors (Lipinski definition) is 4. The van der Waals surface area contributed by atoms with Crippen LogP contribution in [-0.4, -0.2) is 33.9 Å². The fourth-order valence-electron chi connectivity index (χ4n) is 3.55. The van der Waals surface area contributed by atoms with E-state index in [1.807, 2.05) is 12.1 Å². The number of nitrogens with zero attached hydrogens (tertiary/aromatic N) is 3. The third-order valence-corrected chi connectivity index (χ3v) is 4.96. The van der Waals surface area contributed by atoms with Gasteiger partial charge in [0.2, 0.25) is 0 Å². The van der Waals surface area contributed by atoms with E-state index in [1.54, 1.807) is 34.9 Å².